The van der Waals surface area contributed by atoms with Crippen LogP contribution in [0.25, 0.3) is 0 Å². The van der Waals surface area contributed by atoms with Crippen molar-refractivity contribution in [1.29, 1.82) is 5.41 Å². The summed E-state index contributed by atoms with van der Waals surface area (Å²) >= 11 is 0. The Kier molecular flexibility index (Phi) is 3.97. The first kappa shape index (κ1) is 11.9. The minimum atomic E-state index is 0.454. The summed E-state index contributed by atoms with van der Waals surface area (Å²) in [5.41, 5.74) is 7.42. The Balaban J connectivity index is 1.69. The standard InChI is InChI=1S/C15H20N2/c16-9-8-15(17)14-10-13(11-14)7-6-12-4-2-1-3-5-12/h1-5,8-9,13-14,17H,6-7,10-11,16H2/b9-8-,17-15?. The van der Waals surface area contributed by atoms with Crippen LogP contribution in [0.15, 0.2) is 42.6 Å². The first-order chi connectivity index (χ1) is 8.29. The van der Waals surface area contributed by atoms with E-state index in [9.17, 15) is 0 Å². The van der Waals surface area contributed by atoms with Crippen molar-refractivity contribution in [3.8, 4) is 0 Å². The second-order valence-corrected chi connectivity index (χ2v) is 4.87. The highest BCUT2D eigenvalue weighted by Crippen LogP contribution is 2.37. The predicted octanol–water partition coefficient (Wildman–Crippen LogP) is 3.14. The van der Waals surface area contributed by atoms with Crippen molar-refractivity contribution in [2.75, 3.05) is 0 Å². The minimum absolute atomic E-state index is 0.454. The molecular weight excluding hydrogens is 208 g/mol. The van der Waals surface area contributed by atoms with Crippen LogP contribution in [0, 0.1) is 17.2 Å². The first-order valence-electron chi connectivity index (χ1n) is 6.30. The number of rotatable bonds is 5. The molecule has 1 aliphatic carbocycles. The number of benzene rings is 1. The van der Waals surface area contributed by atoms with Gasteiger partial charge in [0.1, 0.15) is 0 Å². The monoisotopic (exact) mass is 228 g/mol. The fourth-order valence-corrected chi connectivity index (χ4v) is 2.48. The smallest absolute Gasteiger partial charge is 0.0359 e. The lowest BCUT2D eigenvalue weighted by Crippen LogP contribution is -2.29. The molecule has 1 aliphatic rings. The third kappa shape index (κ3) is 3.19. The zero-order valence-corrected chi connectivity index (χ0v) is 10.1. The molecule has 90 valence electrons. The molecule has 0 heterocycles. The van der Waals surface area contributed by atoms with Crippen molar-refractivity contribution in [3.63, 3.8) is 0 Å². The minimum Gasteiger partial charge on any atom is -0.405 e. The molecule has 0 spiro atoms. The van der Waals surface area contributed by atoms with Gasteiger partial charge >= 0.3 is 0 Å². The lowest BCUT2D eigenvalue weighted by Gasteiger charge is -2.35. The van der Waals surface area contributed by atoms with Crippen molar-refractivity contribution >= 4 is 5.71 Å². The summed E-state index contributed by atoms with van der Waals surface area (Å²) in [6, 6.07) is 10.6. The molecule has 2 rings (SSSR count). The van der Waals surface area contributed by atoms with Gasteiger partial charge in [0.15, 0.2) is 0 Å². The van der Waals surface area contributed by atoms with Gasteiger partial charge in [-0.15, -0.1) is 0 Å². The van der Waals surface area contributed by atoms with Crippen LogP contribution in [0.2, 0.25) is 0 Å². The van der Waals surface area contributed by atoms with Crippen molar-refractivity contribution in [2.45, 2.75) is 25.7 Å². The number of nitrogens with two attached hydrogens (primary N) is 1. The molecule has 1 aromatic rings. The molecule has 1 aromatic carbocycles. The summed E-state index contributed by atoms with van der Waals surface area (Å²) in [6.45, 7) is 0. The quantitative estimate of drug-likeness (QED) is 0.747. The second kappa shape index (κ2) is 5.67. The van der Waals surface area contributed by atoms with E-state index in [1.165, 1.54) is 18.2 Å². The summed E-state index contributed by atoms with van der Waals surface area (Å²) in [6.07, 6.45) is 7.93. The van der Waals surface area contributed by atoms with Gasteiger partial charge in [-0.1, -0.05) is 30.3 Å². The van der Waals surface area contributed by atoms with Crippen LogP contribution in [-0.2, 0) is 6.42 Å². The highest BCUT2D eigenvalue weighted by Gasteiger charge is 2.30. The van der Waals surface area contributed by atoms with Crippen LogP contribution in [0.1, 0.15) is 24.8 Å². The molecule has 0 aromatic heterocycles. The van der Waals surface area contributed by atoms with Gasteiger partial charge in [0.25, 0.3) is 0 Å². The third-order valence-electron chi connectivity index (χ3n) is 3.64. The summed E-state index contributed by atoms with van der Waals surface area (Å²) in [5, 5.41) is 7.77. The third-order valence-corrected chi connectivity index (χ3v) is 3.64. The van der Waals surface area contributed by atoms with Crippen molar-refractivity contribution < 1.29 is 0 Å². The summed E-state index contributed by atoms with van der Waals surface area (Å²) < 4.78 is 0. The molecule has 0 atom stereocenters. The van der Waals surface area contributed by atoms with Crippen LogP contribution in [0.5, 0.6) is 0 Å². The van der Waals surface area contributed by atoms with Gasteiger partial charge in [-0.3, -0.25) is 0 Å². The molecule has 2 nitrogen and oxygen atoms in total. The Morgan fingerprint density at radius 2 is 2.00 bits per heavy atom. The van der Waals surface area contributed by atoms with E-state index in [0.717, 1.165) is 25.2 Å². The van der Waals surface area contributed by atoms with E-state index in [-0.39, 0.29) is 0 Å². The van der Waals surface area contributed by atoms with Crippen LogP contribution in [0.3, 0.4) is 0 Å². The Hall–Kier alpha value is -1.57. The van der Waals surface area contributed by atoms with E-state index in [2.05, 4.69) is 30.3 Å². The highest BCUT2D eigenvalue weighted by molar-refractivity contribution is 5.94. The van der Waals surface area contributed by atoms with E-state index in [4.69, 9.17) is 11.1 Å². The van der Waals surface area contributed by atoms with E-state index < -0.39 is 0 Å². The summed E-state index contributed by atoms with van der Waals surface area (Å²) in [5.74, 6) is 1.25. The lowest BCUT2D eigenvalue weighted by molar-refractivity contribution is 0.241. The summed E-state index contributed by atoms with van der Waals surface area (Å²) in [7, 11) is 0. The molecule has 1 fully saturated rings. The van der Waals surface area contributed by atoms with Crippen LogP contribution >= 0.6 is 0 Å². The molecule has 2 heteroatoms. The van der Waals surface area contributed by atoms with Crippen LogP contribution in [0.4, 0.5) is 0 Å². The molecule has 0 saturated heterocycles. The number of nitrogens with one attached hydrogen (secondary N) is 1. The predicted molar refractivity (Wildman–Crippen MR) is 72.0 cm³/mol. The molecule has 0 radical (unpaired) electrons. The van der Waals surface area contributed by atoms with E-state index in [1.54, 1.807) is 6.08 Å². The maximum atomic E-state index is 7.77. The number of hydrogen-bond donors (Lipinski definition) is 2. The van der Waals surface area contributed by atoms with Crippen molar-refractivity contribution in [2.24, 2.45) is 17.6 Å². The molecule has 1 saturated carbocycles. The van der Waals surface area contributed by atoms with Gasteiger partial charge in [-0.05, 0) is 49.4 Å². The topological polar surface area (TPSA) is 49.9 Å². The average molecular weight is 228 g/mol. The molecule has 0 unspecified atom stereocenters. The van der Waals surface area contributed by atoms with Crippen molar-refractivity contribution in [1.82, 2.24) is 0 Å². The second-order valence-electron chi connectivity index (χ2n) is 4.87. The molecule has 17 heavy (non-hydrogen) atoms. The van der Waals surface area contributed by atoms with E-state index >= 15 is 0 Å². The van der Waals surface area contributed by atoms with Crippen molar-refractivity contribution in [3.05, 3.63) is 48.2 Å². The first-order valence-corrected chi connectivity index (χ1v) is 6.30. The fraction of sp³-hybridized carbons (Fsp3) is 0.400. The SMILES string of the molecule is N=C(/C=C\N)C1CC(CCc2ccccc2)C1. The van der Waals surface area contributed by atoms with Gasteiger partial charge in [0.05, 0.1) is 0 Å². The zero-order chi connectivity index (χ0) is 12.1. The lowest BCUT2D eigenvalue weighted by atomic mass is 9.70. The Labute approximate surface area is 103 Å². The Bertz CT molecular complexity index is 389. The molecular formula is C15H20N2. The largest absolute Gasteiger partial charge is 0.405 e. The maximum absolute atomic E-state index is 7.77. The molecule has 0 amide bonds. The summed E-state index contributed by atoms with van der Waals surface area (Å²) in [4.78, 5) is 0. The number of allylic oxidation sites excluding steroid dienone is 1. The van der Waals surface area contributed by atoms with Gasteiger partial charge in [-0.2, -0.15) is 0 Å². The number of hydrogen-bond acceptors (Lipinski definition) is 2. The normalized spacial score (nSPS) is 23.5. The molecule has 0 bridgehead atoms. The fourth-order valence-electron chi connectivity index (χ4n) is 2.48. The molecule has 3 N–H and O–H groups in total. The Morgan fingerprint density at radius 3 is 2.65 bits per heavy atom. The van der Waals surface area contributed by atoms with Gasteiger partial charge < -0.3 is 11.1 Å². The number of aryl methyl sites for hydroxylation is 1. The van der Waals surface area contributed by atoms with E-state index in [1.807, 2.05) is 0 Å². The van der Waals surface area contributed by atoms with Crippen LogP contribution < -0.4 is 5.73 Å². The highest BCUT2D eigenvalue weighted by atomic mass is 14.5. The van der Waals surface area contributed by atoms with Gasteiger partial charge in [-0.25, -0.2) is 0 Å². The maximum Gasteiger partial charge on any atom is 0.0359 e. The molecule has 0 aliphatic heterocycles. The van der Waals surface area contributed by atoms with Gasteiger partial charge in [0.2, 0.25) is 0 Å². The van der Waals surface area contributed by atoms with Gasteiger partial charge in [0, 0.05) is 11.6 Å². The van der Waals surface area contributed by atoms with Crippen LogP contribution in [-0.4, -0.2) is 5.71 Å². The van der Waals surface area contributed by atoms with E-state index in [0.29, 0.717) is 11.6 Å². The Morgan fingerprint density at radius 1 is 1.29 bits per heavy atom. The average Bonchev–Trinajstić information content (AvgIpc) is 2.28. The zero-order valence-electron chi connectivity index (χ0n) is 10.1.